The van der Waals surface area contributed by atoms with E-state index in [0.717, 1.165) is 36.8 Å². The third kappa shape index (κ3) is 5.25. The number of fused-ring (bicyclic) bond motifs is 1. The van der Waals surface area contributed by atoms with Gasteiger partial charge in [-0.05, 0) is 91.1 Å². The van der Waals surface area contributed by atoms with Crippen LogP contribution in [0.2, 0.25) is 0 Å². The first kappa shape index (κ1) is 21.8. The zero-order chi connectivity index (χ0) is 21.8. The Hall–Kier alpha value is -2.43. The molecule has 3 unspecified atom stereocenters. The van der Waals surface area contributed by atoms with Crippen molar-refractivity contribution >= 4 is 0 Å². The quantitative estimate of drug-likeness (QED) is 0.518. The summed E-state index contributed by atoms with van der Waals surface area (Å²) < 4.78 is 16.0. The Kier molecular flexibility index (Phi) is 6.89. The van der Waals surface area contributed by atoms with Gasteiger partial charge in [0.15, 0.2) is 0 Å². The van der Waals surface area contributed by atoms with E-state index < -0.39 is 6.10 Å². The molecule has 1 aromatic heterocycles. The summed E-state index contributed by atoms with van der Waals surface area (Å²) in [5.41, 5.74) is 5.98. The van der Waals surface area contributed by atoms with Crippen molar-refractivity contribution in [3.05, 3.63) is 94.6 Å². The fourth-order valence-corrected chi connectivity index (χ4v) is 4.86. The van der Waals surface area contributed by atoms with Gasteiger partial charge in [0.25, 0.3) is 0 Å². The summed E-state index contributed by atoms with van der Waals surface area (Å²) in [4.78, 5) is 0. The zero-order valence-electron chi connectivity index (χ0n) is 18.5. The van der Waals surface area contributed by atoms with Gasteiger partial charge in [-0.25, -0.2) is 4.39 Å². The third-order valence-electron chi connectivity index (χ3n) is 6.51. The van der Waals surface area contributed by atoms with Gasteiger partial charge in [-0.1, -0.05) is 31.2 Å². The molecule has 1 aliphatic rings. The van der Waals surface area contributed by atoms with Crippen molar-refractivity contribution in [2.45, 2.75) is 64.1 Å². The van der Waals surface area contributed by atoms with E-state index >= 15 is 0 Å². The Balaban J connectivity index is 1.49. The van der Waals surface area contributed by atoms with E-state index in [1.165, 1.54) is 22.8 Å². The van der Waals surface area contributed by atoms with E-state index in [4.69, 9.17) is 0 Å². The van der Waals surface area contributed by atoms with E-state index in [9.17, 15) is 9.50 Å². The number of hydrogen-bond acceptors (Lipinski definition) is 2. The van der Waals surface area contributed by atoms with Crippen LogP contribution in [0.4, 0.5) is 4.39 Å². The molecule has 0 spiro atoms. The summed E-state index contributed by atoms with van der Waals surface area (Å²) in [6.07, 6.45) is 8.36. The fourth-order valence-electron chi connectivity index (χ4n) is 4.86. The molecule has 0 fully saturated rings. The third-order valence-corrected chi connectivity index (χ3v) is 6.51. The maximum absolute atomic E-state index is 13.9. The Morgan fingerprint density at radius 1 is 1.13 bits per heavy atom. The standard InChI is InChI=1S/C27H33FN2O/c1-3-20-9-10-22-7-6-8-25(24(22)16-20)29-18-27(31)26(30-11-4-5-12-30)17-21-13-19(2)14-23(28)15-21/h4-5,9-16,25-27,29,31H,3,6-8,17-18H2,1-2H3. The van der Waals surface area contributed by atoms with Crippen LogP contribution in [0.1, 0.15) is 59.7 Å². The molecule has 164 valence electrons. The summed E-state index contributed by atoms with van der Waals surface area (Å²) in [5.74, 6) is -0.223. The molecule has 0 amide bonds. The maximum atomic E-state index is 13.9. The van der Waals surface area contributed by atoms with Gasteiger partial charge in [0.1, 0.15) is 5.82 Å². The number of aromatic nitrogens is 1. The van der Waals surface area contributed by atoms with Crippen molar-refractivity contribution < 1.29 is 9.50 Å². The minimum absolute atomic E-state index is 0.159. The van der Waals surface area contributed by atoms with Crippen LogP contribution in [0.15, 0.2) is 60.9 Å². The summed E-state index contributed by atoms with van der Waals surface area (Å²) in [5, 5.41) is 14.8. The lowest BCUT2D eigenvalue weighted by molar-refractivity contribution is 0.106. The molecule has 0 saturated carbocycles. The second-order valence-electron chi connectivity index (χ2n) is 8.85. The molecule has 2 aromatic carbocycles. The number of nitrogens with zero attached hydrogens (tertiary/aromatic N) is 1. The summed E-state index contributed by atoms with van der Waals surface area (Å²) in [7, 11) is 0. The lowest BCUT2D eigenvalue weighted by Gasteiger charge is -2.30. The van der Waals surface area contributed by atoms with E-state index in [0.29, 0.717) is 13.0 Å². The smallest absolute Gasteiger partial charge is 0.123 e. The molecule has 0 radical (unpaired) electrons. The van der Waals surface area contributed by atoms with Crippen molar-refractivity contribution in [3.63, 3.8) is 0 Å². The van der Waals surface area contributed by atoms with Gasteiger partial charge in [0.05, 0.1) is 12.1 Å². The van der Waals surface area contributed by atoms with E-state index in [2.05, 4.69) is 30.4 Å². The van der Waals surface area contributed by atoms with E-state index in [1.54, 1.807) is 6.07 Å². The van der Waals surface area contributed by atoms with Crippen molar-refractivity contribution in [3.8, 4) is 0 Å². The number of aliphatic hydroxyl groups is 1. The molecule has 3 nitrogen and oxygen atoms in total. The van der Waals surface area contributed by atoms with Crippen molar-refractivity contribution in [1.82, 2.24) is 9.88 Å². The predicted octanol–water partition coefficient (Wildman–Crippen LogP) is 5.31. The van der Waals surface area contributed by atoms with Crippen molar-refractivity contribution in [2.75, 3.05) is 6.54 Å². The highest BCUT2D eigenvalue weighted by Crippen LogP contribution is 2.31. The van der Waals surface area contributed by atoms with E-state index in [-0.39, 0.29) is 17.9 Å². The molecule has 0 saturated heterocycles. The van der Waals surface area contributed by atoms with Crippen molar-refractivity contribution in [1.29, 1.82) is 0 Å². The Morgan fingerprint density at radius 3 is 2.68 bits per heavy atom. The highest BCUT2D eigenvalue weighted by Gasteiger charge is 2.25. The fraction of sp³-hybridized carbons (Fsp3) is 0.407. The van der Waals surface area contributed by atoms with E-state index in [1.807, 2.05) is 42.1 Å². The summed E-state index contributed by atoms with van der Waals surface area (Å²) in [6.45, 7) is 4.59. The number of hydrogen-bond donors (Lipinski definition) is 2. The summed E-state index contributed by atoms with van der Waals surface area (Å²) in [6, 6.07) is 16.0. The number of rotatable bonds is 8. The highest BCUT2D eigenvalue weighted by atomic mass is 19.1. The topological polar surface area (TPSA) is 37.2 Å². The van der Waals surface area contributed by atoms with Gasteiger partial charge in [-0.3, -0.25) is 0 Å². The van der Waals surface area contributed by atoms with Gasteiger partial charge in [-0.2, -0.15) is 0 Å². The largest absolute Gasteiger partial charge is 0.390 e. The number of nitrogens with one attached hydrogen (secondary N) is 1. The molecule has 1 aliphatic carbocycles. The van der Waals surface area contributed by atoms with Crippen LogP contribution in [0, 0.1) is 12.7 Å². The minimum atomic E-state index is -0.587. The number of aliphatic hydroxyl groups excluding tert-OH is 1. The van der Waals surface area contributed by atoms with Gasteiger partial charge in [0, 0.05) is 25.0 Å². The predicted molar refractivity (Wildman–Crippen MR) is 124 cm³/mol. The molecular formula is C27H33FN2O. The Bertz CT molecular complexity index is 978. The molecule has 2 N–H and O–H groups in total. The van der Waals surface area contributed by atoms with Crippen LogP contribution in [0.5, 0.6) is 0 Å². The van der Waals surface area contributed by atoms with Crippen LogP contribution >= 0.6 is 0 Å². The van der Waals surface area contributed by atoms with Crippen LogP contribution in [0.3, 0.4) is 0 Å². The molecule has 3 atom stereocenters. The van der Waals surface area contributed by atoms with Gasteiger partial charge >= 0.3 is 0 Å². The second-order valence-corrected chi connectivity index (χ2v) is 8.85. The molecule has 4 rings (SSSR count). The monoisotopic (exact) mass is 420 g/mol. The molecule has 0 aliphatic heterocycles. The zero-order valence-corrected chi connectivity index (χ0v) is 18.5. The average molecular weight is 421 g/mol. The molecular weight excluding hydrogens is 387 g/mol. The van der Waals surface area contributed by atoms with Crippen LogP contribution in [-0.4, -0.2) is 22.3 Å². The number of benzene rings is 2. The first-order valence-corrected chi connectivity index (χ1v) is 11.4. The molecule has 0 bridgehead atoms. The summed E-state index contributed by atoms with van der Waals surface area (Å²) >= 11 is 0. The van der Waals surface area contributed by atoms with Crippen LogP contribution in [0.25, 0.3) is 0 Å². The first-order valence-electron chi connectivity index (χ1n) is 11.4. The van der Waals surface area contributed by atoms with Crippen LogP contribution in [-0.2, 0) is 19.3 Å². The van der Waals surface area contributed by atoms with Gasteiger partial charge in [0.2, 0.25) is 0 Å². The SMILES string of the molecule is CCc1ccc2c(c1)C(NCC(O)C(Cc1cc(C)cc(F)c1)n1cccc1)CCC2. The number of halogens is 1. The van der Waals surface area contributed by atoms with Crippen LogP contribution < -0.4 is 5.32 Å². The highest BCUT2D eigenvalue weighted by molar-refractivity contribution is 5.36. The maximum Gasteiger partial charge on any atom is 0.123 e. The molecule has 3 aromatic rings. The van der Waals surface area contributed by atoms with Gasteiger partial charge in [-0.15, -0.1) is 0 Å². The molecule has 4 heteroatoms. The van der Waals surface area contributed by atoms with Gasteiger partial charge < -0.3 is 15.0 Å². The molecule has 1 heterocycles. The minimum Gasteiger partial charge on any atom is -0.390 e. The average Bonchev–Trinajstić information content (AvgIpc) is 3.29. The normalized spacial score (nSPS) is 17.9. The van der Waals surface area contributed by atoms with Crippen molar-refractivity contribution in [2.24, 2.45) is 0 Å². The second kappa shape index (κ2) is 9.80. The lowest BCUT2D eigenvalue weighted by atomic mass is 9.86. The lowest BCUT2D eigenvalue weighted by Crippen LogP contribution is -2.37. The molecule has 31 heavy (non-hydrogen) atoms. The number of aryl methyl sites for hydroxylation is 3. The Labute approximate surface area is 184 Å². The Morgan fingerprint density at radius 2 is 1.94 bits per heavy atom. The first-order chi connectivity index (χ1) is 15.0.